The van der Waals surface area contributed by atoms with Crippen molar-refractivity contribution in [2.75, 3.05) is 11.9 Å². The molecule has 0 bridgehead atoms. The molecule has 0 aliphatic heterocycles. The minimum atomic E-state index is -3.63. The van der Waals surface area contributed by atoms with Gasteiger partial charge in [0.25, 0.3) is 0 Å². The van der Waals surface area contributed by atoms with Gasteiger partial charge in [-0.1, -0.05) is 48.5 Å². The Morgan fingerprint density at radius 2 is 1.59 bits per heavy atom. The summed E-state index contributed by atoms with van der Waals surface area (Å²) in [5, 5.41) is 3.35. The Hall–Kier alpha value is -3.91. The second-order valence-corrected chi connectivity index (χ2v) is 9.69. The monoisotopic (exact) mass is 476 g/mol. The van der Waals surface area contributed by atoms with Crippen molar-refractivity contribution < 1.29 is 22.7 Å². The number of para-hydroxylation sites is 1. The molecule has 0 spiro atoms. The van der Waals surface area contributed by atoms with E-state index in [1.165, 1.54) is 6.20 Å². The van der Waals surface area contributed by atoms with Crippen molar-refractivity contribution in [3.05, 3.63) is 96.2 Å². The van der Waals surface area contributed by atoms with Gasteiger partial charge in [0.2, 0.25) is 5.91 Å². The predicted molar refractivity (Wildman–Crippen MR) is 130 cm³/mol. The van der Waals surface area contributed by atoms with Crippen LogP contribution in [0.4, 0.5) is 5.69 Å². The second-order valence-electron chi connectivity index (χ2n) is 7.73. The van der Waals surface area contributed by atoms with Gasteiger partial charge in [-0.2, -0.15) is 0 Å². The highest BCUT2D eigenvalue weighted by Crippen LogP contribution is 2.28. The van der Waals surface area contributed by atoms with E-state index < -0.39 is 15.8 Å². The first-order chi connectivity index (χ1) is 16.4. The maximum absolute atomic E-state index is 13.2. The summed E-state index contributed by atoms with van der Waals surface area (Å²) in [4.78, 5) is 24.7. The number of fused-ring (bicyclic) bond motifs is 1. The molecule has 0 radical (unpaired) electrons. The number of nitrogens with one attached hydrogen (secondary N) is 1. The highest BCUT2D eigenvalue weighted by Gasteiger charge is 2.22. The van der Waals surface area contributed by atoms with Crippen LogP contribution in [0.3, 0.4) is 0 Å². The molecular weight excluding hydrogens is 452 g/mol. The summed E-state index contributed by atoms with van der Waals surface area (Å²) in [6.07, 6.45) is 1.52. The number of carbonyl (C=O) groups is 2. The van der Waals surface area contributed by atoms with Gasteiger partial charge in [0.15, 0.2) is 9.84 Å². The fourth-order valence-corrected chi connectivity index (χ4v) is 5.30. The first-order valence-electron chi connectivity index (χ1n) is 10.8. The highest BCUT2D eigenvalue weighted by atomic mass is 32.2. The molecule has 0 aliphatic rings. The summed E-state index contributed by atoms with van der Waals surface area (Å²) in [5.74, 6) is -0.874. The quantitative estimate of drug-likeness (QED) is 0.380. The van der Waals surface area contributed by atoms with Gasteiger partial charge >= 0.3 is 5.97 Å². The second kappa shape index (κ2) is 9.93. The molecule has 1 N–H and O–H groups in total. The molecule has 1 heterocycles. The highest BCUT2D eigenvalue weighted by molar-refractivity contribution is 7.90. The zero-order chi connectivity index (χ0) is 24.1. The first-order valence-corrected chi connectivity index (χ1v) is 12.4. The maximum Gasteiger partial charge on any atom is 0.338 e. The van der Waals surface area contributed by atoms with Gasteiger partial charge in [0.1, 0.15) is 6.54 Å². The fourth-order valence-electron chi connectivity index (χ4n) is 3.72. The lowest BCUT2D eigenvalue weighted by atomic mass is 10.2. The van der Waals surface area contributed by atoms with Crippen LogP contribution in [0, 0.1) is 0 Å². The summed E-state index contributed by atoms with van der Waals surface area (Å²) in [6.45, 7) is 1.95. The van der Waals surface area contributed by atoms with Crippen molar-refractivity contribution in [3.63, 3.8) is 0 Å². The Bertz CT molecular complexity index is 1430. The van der Waals surface area contributed by atoms with Crippen LogP contribution in [0.25, 0.3) is 10.9 Å². The van der Waals surface area contributed by atoms with Crippen molar-refractivity contribution in [2.24, 2.45) is 0 Å². The lowest BCUT2D eigenvalue weighted by molar-refractivity contribution is -0.116. The number of hydrogen-bond acceptors (Lipinski definition) is 5. The molecule has 0 atom stereocenters. The molecule has 0 saturated carbocycles. The molecule has 7 nitrogen and oxygen atoms in total. The lowest BCUT2D eigenvalue weighted by Crippen LogP contribution is -2.18. The van der Waals surface area contributed by atoms with Crippen LogP contribution >= 0.6 is 0 Å². The molecule has 1 amide bonds. The number of anilines is 1. The van der Waals surface area contributed by atoms with Crippen LogP contribution < -0.4 is 5.32 Å². The van der Waals surface area contributed by atoms with Crippen molar-refractivity contribution >= 4 is 38.3 Å². The van der Waals surface area contributed by atoms with Gasteiger partial charge in [-0.05, 0) is 42.8 Å². The molecule has 8 heteroatoms. The molecule has 0 fully saturated rings. The number of rotatable bonds is 8. The number of esters is 1. The SMILES string of the molecule is CCOC(=O)c1ccc(NC(=O)Cn2cc(S(=O)(=O)Cc3ccccc3)c3ccccc32)cc1. The third-order valence-electron chi connectivity index (χ3n) is 5.28. The normalized spacial score (nSPS) is 11.3. The average Bonchev–Trinajstić information content (AvgIpc) is 3.19. The number of ether oxygens (including phenoxy) is 1. The maximum atomic E-state index is 13.2. The summed E-state index contributed by atoms with van der Waals surface area (Å²) in [7, 11) is -3.63. The molecule has 34 heavy (non-hydrogen) atoms. The van der Waals surface area contributed by atoms with Gasteiger partial charge in [-0.25, -0.2) is 13.2 Å². The Morgan fingerprint density at radius 1 is 0.912 bits per heavy atom. The predicted octanol–water partition coefficient (Wildman–Crippen LogP) is 4.43. The van der Waals surface area contributed by atoms with Crippen molar-refractivity contribution in [1.29, 1.82) is 0 Å². The average molecular weight is 477 g/mol. The van der Waals surface area contributed by atoms with Gasteiger partial charge in [-0.15, -0.1) is 0 Å². The first kappa shape index (κ1) is 23.3. The zero-order valence-corrected chi connectivity index (χ0v) is 19.4. The van der Waals surface area contributed by atoms with E-state index in [2.05, 4.69) is 5.32 Å². The van der Waals surface area contributed by atoms with E-state index in [9.17, 15) is 18.0 Å². The van der Waals surface area contributed by atoms with E-state index in [4.69, 9.17) is 4.74 Å². The molecule has 174 valence electrons. The van der Waals surface area contributed by atoms with E-state index in [-0.39, 0.29) is 29.7 Å². The van der Waals surface area contributed by atoms with E-state index in [0.29, 0.717) is 27.7 Å². The standard InChI is InChI=1S/C26H24N2O5S/c1-2-33-26(30)20-12-14-21(15-13-20)27-25(29)17-28-16-24(22-10-6-7-11-23(22)28)34(31,32)18-19-8-4-3-5-9-19/h3-16H,2,17-18H2,1H3,(H,27,29). The number of nitrogens with zero attached hydrogens (tertiary/aromatic N) is 1. The number of carbonyl (C=O) groups excluding carboxylic acids is 2. The lowest BCUT2D eigenvalue weighted by Gasteiger charge is -2.08. The number of sulfone groups is 1. The summed E-state index contributed by atoms with van der Waals surface area (Å²) < 4.78 is 33.0. The summed E-state index contributed by atoms with van der Waals surface area (Å²) in [6, 6.07) is 22.5. The Morgan fingerprint density at radius 3 is 2.29 bits per heavy atom. The van der Waals surface area contributed by atoms with Crippen LogP contribution in [0.2, 0.25) is 0 Å². The minimum Gasteiger partial charge on any atom is -0.462 e. The van der Waals surface area contributed by atoms with Crippen LogP contribution in [-0.2, 0) is 31.7 Å². The Balaban J connectivity index is 1.55. The van der Waals surface area contributed by atoms with Gasteiger partial charge in [0, 0.05) is 22.8 Å². The topological polar surface area (TPSA) is 94.5 Å². The van der Waals surface area contributed by atoms with Crippen LogP contribution in [0.1, 0.15) is 22.8 Å². The smallest absolute Gasteiger partial charge is 0.338 e. The molecule has 0 saturated heterocycles. The zero-order valence-electron chi connectivity index (χ0n) is 18.6. The van der Waals surface area contributed by atoms with E-state index >= 15 is 0 Å². The van der Waals surface area contributed by atoms with Crippen LogP contribution in [0.15, 0.2) is 90.0 Å². The number of aromatic nitrogens is 1. The molecule has 0 aliphatic carbocycles. The van der Waals surface area contributed by atoms with Gasteiger partial charge in [-0.3, -0.25) is 4.79 Å². The van der Waals surface area contributed by atoms with Gasteiger partial charge < -0.3 is 14.6 Å². The largest absolute Gasteiger partial charge is 0.462 e. The Labute approximate surface area is 197 Å². The van der Waals surface area contributed by atoms with E-state index in [0.717, 1.165) is 0 Å². The van der Waals surface area contributed by atoms with Crippen LogP contribution in [0.5, 0.6) is 0 Å². The molecule has 0 unspecified atom stereocenters. The number of hydrogen-bond donors (Lipinski definition) is 1. The Kier molecular flexibility index (Phi) is 6.79. The number of amides is 1. The summed E-state index contributed by atoms with van der Waals surface area (Å²) >= 11 is 0. The van der Waals surface area contributed by atoms with E-state index in [1.807, 2.05) is 6.07 Å². The molecule has 1 aromatic heterocycles. The van der Waals surface area contributed by atoms with Crippen LogP contribution in [-0.4, -0.2) is 31.5 Å². The minimum absolute atomic E-state index is 0.0685. The molecule has 3 aromatic carbocycles. The van der Waals surface area contributed by atoms with E-state index in [1.54, 1.807) is 84.3 Å². The molecule has 4 rings (SSSR count). The van der Waals surface area contributed by atoms with Crippen molar-refractivity contribution in [3.8, 4) is 0 Å². The number of benzene rings is 3. The molecular formula is C26H24N2O5S. The third-order valence-corrected chi connectivity index (χ3v) is 6.99. The van der Waals surface area contributed by atoms with Crippen molar-refractivity contribution in [1.82, 2.24) is 4.57 Å². The third kappa shape index (κ3) is 5.18. The van der Waals surface area contributed by atoms with Gasteiger partial charge in [0.05, 0.1) is 22.8 Å². The molecule has 4 aromatic rings. The summed E-state index contributed by atoms with van der Waals surface area (Å²) in [5.41, 5.74) is 2.27. The van der Waals surface area contributed by atoms with Crippen molar-refractivity contribution in [2.45, 2.75) is 24.1 Å². The fraction of sp³-hybridized carbons (Fsp3) is 0.154.